The standard InChI is InChI=1S/C13H24N4O/c1-11(2)17-13(14-10-15-17)8-16-7-5-3-4-6-12(16)9-18/h10-12,18H,3-9H2,1-2H3. The number of rotatable bonds is 4. The van der Waals surface area contributed by atoms with E-state index in [9.17, 15) is 5.11 Å². The van der Waals surface area contributed by atoms with Gasteiger partial charge in [-0.1, -0.05) is 12.8 Å². The Morgan fingerprint density at radius 1 is 1.39 bits per heavy atom. The molecular weight excluding hydrogens is 228 g/mol. The maximum absolute atomic E-state index is 9.51. The predicted molar refractivity (Wildman–Crippen MR) is 70.2 cm³/mol. The molecule has 2 rings (SSSR count). The van der Waals surface area contributed by atoms with Crippen LogP contribution in [-0.2, 0) is 6.54 Å². The van der Waals surface area contributed by atoms with Crippen LogP contribution in [0.15, 0.2) is 6.33 Å². The van der Waals surface area contributed by atoms with Crippen LogP contribution >= 0.6 is 0 Å². The summed E-state index contributed by atoms with van der Waals surface area (Å²) in [7, 11) is 0. The molecule has 2 heterocycles. The van der Waals surface area contributed by atoms with E-state index in [1.807, 2.05) is 4.68 Å². The van der Waals surface area contributed by atoms with Crippen LogP contribution in [0.1, 0.15) is 51.4 Å². The lowest BCUT2D eigenvalue weighted by Gasteiger charge is -2.28. The fourth-order valence-electron chi connectivity index (χ4n) is 2.65. The van der Waals surface area contributed by atoms with Crippen LogP contribution in [0.3, 0.4) is 0 Å². The van der Waals surface area contributed by atoms with Crippen molar-refractivity contribution >= 4 is 0 Å². The summed E-state index contributed by atoms with van der Waals surface area (Å²) in [5.74, 6) is 1.00. The molecule has 1 saturated heterocycles. The van der Waals surface area contributed by atoms with Gasteiger partial charge in [0.15, 0.2) is 0 Å². The number of nitrogens with zero attached hydrogens (tertiary/aromatic N) is 4. The summed E-state index contributed by atoms with van der Waals surface area (Å²) < 4.78 is 1.97. The van der Waals surface area contributed by atoms with Gasteiger partial charge < -0.3 is 5.11 Å². The molecule has 0 aromatic carbocycles. The van der Waals surface area contributed by atoms with Gasteiger partial charge in [0.05, 0.1) is 13.2 Å². The molecule has 102 valence electrons. The van der Waals surface area contributed by atoms with Crippen LogP contribution in [0.25, 0.3) is 0 Å². The lowest BCUT2D eigenvalue weighted by atomic mass is 10.1. The first-order chi connectivity index (χ1) is 8.72. The monoisotopic (exact) mass is 252 g/mol. The van der Waals surface area contributed by atoms with Crippen molar-refractivity contribution < 1.29 is 5.11 Å². The molecule has 0 bridgehead atoms. The van der Waals surface area contributed by atoms with Crippen LogP contribution in [0.2, 0.25) is 0 Å². The highest BCUT2D eigenvalue weighted by atomic mass is 16.3. The van der Waals surface area contributed by atoms with Crippen LogP contribution in [0.5, 0.6) is 0 Å². The van der Waals surface area contributed by atoms with E-state index < -0.39 is 0 Å². The molecule has 1 aliphatic rings. The summed E-state index contributed by atoms with van der Waals surface area (Å²) in [5, 5.41) is 13.8. The molecule has 0 amide bonds. The van der Waals surface area contributed by atoms with E-state index in [2.05, 4.69) is 28.8 Å². The average Bonchev–Trinajstić information content (AvgIpc) is 2.69. The van der Waals surface area contributed by atoms with Crippen molar-refractivity contribution in [3.05, 3.63) is 12.2 Å². The van der Waals surface area contributed by atoms with Crippen LogP contribution < -0.4 is 0 Å². The highest BCUT2D eigenvalue weighted by Crippen LogP contribution is 2.19. The largest absolute Gasteiger partial charge is 0.395 e. The van der Waals surface area contributed by atoms with E-state index in [4.69, 9.17) is 0 Å². The number of aromatic nitrogens is 3. The van der Waals surface area contributed by atoms with Crippen LogP contribution in [0, 0.1) is 0 Å². The minimum absolute atomic E-state index is 0.246. The summed E-state index contributed by atoms with van der Waals surface area (Å²) in [4.78, 5) is 6.72. The SMILES string of the molecule is CC(C)n1ncnc1CN1CCCCCC1CO. The fraction of sp³-hybridized carbons (Fsp3) is 0.846. The van der Waals surface area contributed by atoms with Gasteiger partial charge in [0.2, 0.25) is 0 Å². The number of hydrogen-bond donors (Lipinski definition) is 1. The lowest BCUT2D eigenvalue weighted by molar-refractivity contribution is 0.114. The average molecular weight is 252 g/mol. The lowest BCUT2D eigenvalue weighted by Crippen LogP contribution is -2.37. The van der Waals surface area contributed by atoms with E-state index in [0.29, 0.717) is 6.04 Å². The third-order valence-corrected chi connectivity index (χ3v) is 3.69. The van der Waals surface area contributed by atoms with Gasteiger partial charge in [-0.3, -0.25) is 4.90 Å². The fourth-order valence-corrected chi connectivity index (χ4v) is 2.65. The van der Waals surface area contributed by atoms with Crippen LogP contribution in [-0.4, -0.2) is 44.0 Å². The van der Waals surface area contributed by atoms with Gasteiger partial charge in [0, 0.05) is 12.1 Å². The molecule has 5 nitrogen and oxygen atoms in total. The number of aliphatic hydroxyl groups excluding tert-OH is 1. The number of hydrogen-bond acceptors (Lipinski definition) is 4. The van der Waals surface area contributed by atoms with Crippen molar-refractivity contribution in [2.45, 2.75) is 58.2 Å². The maximum atomic E-state index is 9.51. The van der Waals surface area contributed by atoms with Gasteiger partial charge in [-0.05, 0) is 33.2 Å². The first-order valence-corrected chi connectivity index (χ1v) is 6.95. The zero-order valence-corrected chi connectivity index (χ0v) is 11.4. The molecule has 1 aromatic heterocycles. The highest BCUT2D eigenvalue weighted by Gasteiger charge is 2.22. The van der Waals surface area contributed by atoms with Gasteiger partial charge >= 0.3 is 0 Å². The Hall–Kier alpha value is -0.940. The minimum atomic E-state index is 0.246. The molecule has 0 saturated carbocycles. The molecule has 1 atom stereocenters. The molecule has 1 unspecified atom stereocenters. The molecule has 0 radical (unpaired) electrons. The topological polar surface area (TPSA) is 54.2 Å². The Morgan fingerprint density at radius 3 is 2.94 bits per heavy atom. The quantitative estimate of drug-likeness (QED) is 0.884. The van der Waals surface area contributed by atoms with Crippen molar-refractivity contribution in [2.75, 3.05) is 13.2 Å². The zero-order valence-electron chi connectivity index (χ0n) is 11.4. The third-order valence-electron chi connectivity index (χ3n) is 3.69. The second-order valence-electron chi connectivity index (χ2n) is 5.37. The second kappa shape index (κ2) is 6.29. The Balaban J connectivity index is 2.07. The molecule has 1 fully saturated rings. The zero-order chi connectivity index (χ0) is 13.0. The van der Waals surface area contributed by atoms with Gasteiger partial charge in [-0.2, -0.15) is 5.10 Å². The molecule has 5 heteroatoms. The third kappa shape index (κ3) is 3.09. The molecule has 1 N–H and O–H groups in total. The predicted octanol–water partition coefficient (Wildman–Crippen LogP) is 1.60. The molecule has 1 aliphatic heterocycles. The molecule has 18 heavy (non-hydrogen) atoms. The molecular formula is C13H24N4O. The van der Waals surface area contributed by atoms with Crippen molar-refractivity contribution in [3.8, 4) is 0 Å². The summed E-state index contributed by atoms with van der Waals surface area (Å²) in [6.45, 7) is 6.32. The van der Waals surface area contributed by atoms with Gasteiger partial charge in [-0.25, -0.2) is 9.67 Å². The first-order valence-electron chi connectivity index (χ1n) is 6.95. The highest BCUT2D eigenvalue weighted by molar-refractivity contribution is 4.89. The van der Waals surface area contributed by atoms with E-state index in [1.54, 1.807) is 6.33 Å². The molecule has 0 spiro atoms. The van der Waals surface area contributed by atoms with E-state index in [-0.39, 0.29) is 12.6 Å². The summed E-state index contributed by atoms with van der Waals surface area (Å²) >= 11 is 0. The van der Waals surface area contributed by atoms with Gasteiger partial charge in [-0.15, -0.1) is 0 Å². The minimum Gasteiger partial charge on any atom is -0.395 e. The molecule has 0 aliphatic carbocycles. The molecule has 1 aromatic rings. The number of likely N-dealkylation sites (tertiary alicyclic amines) is 1. The van der Waals surface area contributed by atoms with Gasteiger partial charge in [0.25, 0.3) is 0 Å². The summed E-state index contributed by atoms with van der Waals surface area (Å²) in [5.41, 5.74) is 0. The van der Waals surface area contributed by atoms with E-state index >= 15 is 0 Å². The normalized spacial score (nSPS) is 22.3. The van der Waals surface area contributed by atoms with Crippen molar-refractivity contribution in [3.63, 3.8) is 0 Å². The van der Waals surface area contributed by atoms with Crippen molar-refractivity contribution in [1.29, 1.82) is 0 Å². The summed E-state index contributed by atoms with van der Waals surface area (Å²) in [6.07, 6.45) is 6.42. The number of aliphatic hydroxyl groups is 1. The Kier molecular flexibility index (Phi) is 4.72. The second-order valence-corrected chi connectivity index (χ2v) is 5.37. The van der Waals surface area contributed by atoms with Gasteiger partial charge in [0.1, 0.15) is 12.2 Å². The summed E-state index contributed by atoms with van der Waals surface area (Å²) in [6, 6.07) is 0.617. The maximum Gasteiger partial charge on any atom is 0.141 e. The van der Waals surface area contributed by atoms with E-state index in [1.165, 1.54) is 19.3 Å². The Bertz CT molecular complexity index is 364. The van der Waals surface area contributed by atoms with Crippen molar-refractivity contribution in [2.24, 2.45) is 0 Å². The van der Waals surface area contributed by atoms with Crippen molar-refractivity contribution in [1.82, 2.24) is 19.7 Å². The smallest absolute Gasteiger partial charge is 0.141 e. The first kappa shape index (κ1) is 13.5. The Labute approximate surface area is 109 Å². The van der Waals surface area contributed by atoms with E-state index in [0.717, 1.165) is 25.3 Å². The van der Waals surface area contributed by atoms with Crippen LogP contribution in [0.4, 0.5) is 0 Å². The Morgan fingerprint density at radius 2 is 2.22 bits per heavy atom.